The number of morpholine rings is 1. The molecule has 1 unspecified atom stereocenters. The number of hydrogen-bond acceptors (Lipinski definition) is 4. The van der Waals surface area contributed by atoms with Crippen LogP contribution in [0.25, 0.3) is 0 Å². The van der Waals surface area contributed by atoms with E-state index in [1.807, 2.05) is 4.90 Å². The van der Waals surface area contributed by atoms with E-state index in [1.165, 1.54) is 25.7 Å². The summed E-state index contributed by atoms with van der Waals surface area (Å²) in [7, 11) is 0. The molecule has 3 rings (SSSR count). The van der Waals surface area contributed by atoms with Gasteiger partial charge in [-0.2, -0.15) is 0 Å². The first-order valence-electron chi connectivity index (χ1n) is 7.70. The molecule has 1 saturated carbocycles. The number of carbonyl (C=O) groups is 1. The maximum Gasteiger partial charge on any atom is 0.253 e. The molecule has 1 N–H and O–H groups in total. The van der Waals surface area contributed by atoms with Gasteiger partial charge in [0.05, 0.1) is 6.61 Å². The van der Waals surface area contributed by atoms with Gasteiger partial charge < -0.3 is 15.0 Å². The summed E-state index contributed by atoms with van der Waals surface area (Å²) in [5.74, 6) is 0.179. The number of nitrogens with zero attached hydrogens (tertiary/aromatic N) is 2. The molecule has 2 heterocycles. The van der Waals surface area contributed by atoms with Crippen molar-refractivity contribution >= 4 is 30.7 Å². The Balaban J connectivity index is 0.00000110. The average Bonchev–Trinajstić information content (AvgIpc) is 3.02. The minimum Gasteiger partial charge on any atom is -0.366 e. The molecule has 2 saturated heterocycles. The highest BCUT2D eigenvalue weighted by Crippen LogP contribution is 2.24. The van der Waals surface area contributed by atoms with Gasteiger partial charge in [-0.25, -0.2) is 0 Å². The number of halogens is 2. The molecule has 0 spiro atoms. The van der Waals surface area contributed by atoms with E-state index in [1.54, 1.807) is 0 Å². The van der Waals surface area contributed by atoms with Gasteiger partial charge in [-0.3, -0.25) is 9.69 Å². The molecule has 1 atom stereocenters. The fraction of sp³-hybridized carbons (Fsp3) is 0.929. The third-order valence-electron chi connectivity index (χ3n) is 4.67. The van der Waals surface area contributed by atoms with Gasteiger partial charge in [0, 0.05) is 45.3 Å². The minimum atomic E-state index is -0.258. The topological polar surface area (TPSA) is 44.8 Å². The zero-order valence-electron chi connectivity index (χ0n) is 12.5. The summed E-state index contributed by atoms with van der Waals surface area (Å²) in [6.07, 6.45) is 5.20. The fourth-order valence-corrected chi connectivity index (χ4v) is 3.50. The van der Waals surface area contributed by atoms with Gasteiger partial charge in [0.15, 0.2) is 0 Å². The van der Waals surface area contributed by atoms with Crippen LogP contribution in [0.5, 0.6) is 0 Å². The van der Waals surface area contributed by atoms with Crippen molar-refractivity contribution in [3.05, 3.63) is 0 Å². The van der Waals surface area contributed by atoms with E-state index in [-0.39, 0.29) is 36.8 Å². The van der Waals surface area contributed by atoms with E-state index in [0.29, 0.717) is 13.2 Å². The maximum atomic E-state index is 12.3. The molecule has 0 radical (unpaired) electrons. The molecule has 2 aliphatic heterocycles. The number of carbonyl (C=O) groups excluding carboxylic acids is 1. The molecule has 21 heavy (non-hydrogen) atoms. The van der Waals surface area contributed by atoms with Crippen LogP contribution < -0.4 is 5.32 Å². The zero-order chi connectivity index (χ0) is 13.1. The Labute approximate surface area is 139 Å². The first-order valence-corrected chi connectivity index (χ1v) is 7.70. The second-order valence-corrected chi connectivity index (χ2v) is 5.86. The van der Waals surface area contributed by atoms with Crippen LogP contribution in [0.2, 0.25) is 0 Å². The van der Waals surface area contributed by atoms with Gasteiger partial charge in [-0.1, -0.05) is 12.8 Å². The molecule has 0 aromatic carbocycles. The standard InChI is InChI=1S/C14H25N3O2.2ClH/c18-14(13-11-15-5-10-19-13)17-8-6-16(7-9-17)12-3-1-2-4-12;;/h12-13,15H,1-11H2;2*1H. The molecular weight excluding hydrogens is 313 g/mol. The highest BCUT2D eigenvalue weighted by molar-refractivity contribution is 5.85. The highest BCUT2D eigenvalue weighted by atomic mass is 35.5. The summed E-state index contributed by atoms with van der Waals surface area (Å²) in [5, 5.41) is 3.23. The number of amides is 1. The molecular formula is C14H27Cl2N3O2. The van der Waals surface area contributed by atoms with Gasteiger partial charge in [0.1, 0.15) is 6.10 Å². The lowest BCUT2D eigenvalue weighted by molar-refractivity contribution is -0.147. The van der Waals surface area contributed by atoms with Crippen LogP contribution in [0.1, 0.15) is 25.7 Å². The normalized spacial score (nSPS) is 27.8. The average molecular weight is 340 g/mol. The van der Waals surface area contributed by atoms with E-state index >= 15 is 0 Å². The second-order valence-electron chi connectivity index (χ2n) is 5.86. The number of nitrogens with one attached hydrogen (secondary N) is 1. The van der Waals surface area contributed by atoms with Crippen LogP contribution in [-0.2, 0) is 9.53 Å². The third kappa shape index (κ3) is 4.70. The SMILES string of the molecule is Cl.Cl.O=C(C1CNCCO1)N1CCN(C2CCCC2)CC1. The Kier molecular flexibility index (Phi) is 8.27. The van der Waals surface area contributed by atoms with Gasteiger partial charge in [-0.05, 0) is 12.8 Å². The Bertz CT molecular complexity index is 313. The van der Waals surface area contributed by atoms with E-state index in [9.17, 15) is 4.79 Å². The van der Waals surface area contributed by atoms with E-state index in [2.05, 4.69) is 10.2 Å². The Morgan fingerprint density at radius 3 is 2.29 bits per heavy atom. The summed E-state index contributed by atoms with van der Waals surface area (Å²) in [6, 6.07) is 0.782. The number of piperazine rings is 1. The smallest absolute Gasteiger partial charge is 0.253 e. The van der Waals surface area contributed by atoms with Gasteiger partial charge in [0.2, 0.25) is 0 Å². The minimum absolute atomic E-state index is 0. The maximum absolute atomic E-state index is 12.3. The molecule has 5 nitrogen and oxygen atoms in total. The van der Waals surface area contributed by atoms with Crippen LogP contribution in [0, 0.1) is 0 Å². The lowest BCUT2D eigenvalue weighted by Crippen LogP contribution is -2.56. The van der Waals surface area contributed by atoms with Gasteiger partial charge in [-0.15, -0.1) is 24.8 Å². The summed E-state index contributed by atoms with van der Waals surface area (Å²) in [4.78, 5) is 16.9. The van der Waals surface area contributed by atoms with Crippen molar-refractivity contribution in [2.45, 2.75) is 37.8 Å². The molecule has 3 aliphatic rings. The van der Waals surface area contributed by atoms with Crippen LogP contribution in [0.3, 0.4) is 0 Å². The lowest BCUT2D eigenvalue weighted by Gasteiger charge is -2.39. The van der Waals surface area contributed by atoms with Crippen LogP contribution in [0.4, 0.5) is 0 Å². The highest BCUT2D eigenvalue weighted by Gasteiger charge is 2.31. The predicted octanol–water partition coefficient (Wildman–Crippen LogP) is 0.905. The Morgan fingerprint density at radius 1 is 1.05 bits per heavy atom. The first kappa shape index (κ1) is 19.0. The van der Waals surface area contributed by atoms with Crippen molar-refractivity contribution in [2.24, 2.45) is 0 Å². The number of ether oxygens (including phenoxy) is 1. The van der Waals surface area contributed by atoms with Crippen molar-refractivity contribution in [3.8, 4) is 0 Å². The van der Waals surface area contributed by atoms with Crippen molar-refractivity contribution in [1.29, 1.82) is 0 Å². The van der Waals surface area contributed by atoms with Crippen LogP contribution in [-0.4, -0.2) is 73.7 Å². The van der Waals surface area contributed by atoms with E-state index < -0.39 is 0 Å². The predicted molar refractivity (Wildman–Crippen MR) is 87.5 cm³/mol. The summed E-state index contributed by atoms with van der Waals surface area (Å²) in [5.41, 5.74) is 0. The van der Waals surface area contributed by atoms with E-state index in [4.69, 9.17) is 4.74 Å². The molecule has 0 aromatic rings. The number of rotatable bonds is 2. The van der Waals surface area contributed by atoms with Crippen molar-refractivity contribution in [1.82, 2.24) is 15.1 Å². The third-order valence-corrected chi connectivity index (χ3v) is 4.67. The summed E-state index contributed by atoms with van der Waals surface area (Å²) >= 11 is 0. The fourth-order valence-electron chi connectivity index (χ4n) is 3.50. The molecule has 0 bridgehead atoms. The largest absolute Gasteiger partial charge is 0.366 e. The Hall–Kier alpha value is -0.0700. The second kappa shape index (κ2) is 9.16. The molecule has 1 amide bonds. The quantitative estimate of drug-likeness (QED) is 0.812. The molecule has 3 fully saturated rings. The van der Waals surface area contributed by atoms with Crippen LogP contribution in [0.15, 0.2) is 0 Å². The van der Waals surface area contributed by atoms with E-state index in [0.717, 1.165) is 38.8 Å². The Morgan fingerprint density at radius 2 is 1.71 bits per heavy atom. The molecule has 1 aliphatic carbocycles. The molecule has 7 heteroatoms. The number of hydrogen-bond donors (Lipinski definition) is 1. The monoisotopic (exact) mass is 339 g/mol. The lowest BCUT2D eigenvalue weighted by atomic mass is 10.1. The summed E-state index contributed by atoms with van der Waals surface area (Å²) in [6.45, 7) is 6.00. The zero-order valence-corrected chi connectivity index (χ0v) is 14.1. The van der Waals surface area contributed by atoms with Gasteiger partial charge >= 0.3 is 0 Å². The van der Waals surface area contributed by atoms with Crippen LogP contribution >= 0.6 is 24.8 Å². The van der Waals surface area contributed by atoms with Crippen molar-refractivity contribution in [2.75, 3.05) is 45.9 Å². The summed E-state index contributed by atoms with van der Waals surface area (Å²) < 4.78 is 5.55. The molecule has 0 aromatic heterocycles. The van der Waals surface area contributed by atoms with Gasteiger partial charge in [0.25, 0.3) is 5.91 Å². The first-order chi connectivity index (χ1) is 9.34. The molecule has 124 valence electrons. The van der Waals surface area contributed by atoms with Crippen molar-refractivity contribution < 1.29 is 9.53 Å². The van der Waals surface area contributed by atoms with Crippen molar-refractivity contribution in [3.63, 3.8) is 0 Å².